The van der Waals surface area contributed by atoms with E-state index in [9.17, 15) is 22.8 Å². The van der Waals surface area contributed by atoms with Gasteiger partial charge in [-0.3, -0.25) is 14.3 Å². The zero-order valence-corrected chi connectivity index (χ0v) is 21.7. The number of amides is 2. The second-order valence-electron chi connectivity index (χ2n) is 10.5. The molecule has 2 saturated heterocycles. The van der Waals surface area contributed by atoms with Crippen LogP contribution < -0.4 is 4.74 Å². The molecular weight excluding hydrogens is 501 g/mol. The summed E-state index contributed by atoms with van der Waals surface area (Å²) in [6.07, 6.45) is -1.01. The topological polar surface area (TPSA) is 76.9 Å². The molecule has 38 heavy (non-hydrogen) atoms. The first kappa shape index (κ1) is 26.5. The van der Waals surface area contributed by atoms with Gasteiger partial charge >= 0.3 is 6.36 Å². The molecule has 1 aliphatic carbocycles. The molecule has 0 N–H and O–H groups in total. The third kappa shape index (κ3) is 5.82. The highest BCUT2D eigenvalue weighted by atomic mass is 19.4. The molecule has 8 nitrogen and oxygen atoms in total. The lowest BCUT2D eigenvalue weighted by Crippen LogP contribution is -2.48. The zero-order valence-electron chi connectivity index (χ0n) is 21.7. The number of halogens is 3. The molecule has 2 atom stereocenters. The maximum absolute atomic E-state index is 13.4. The van der Waals surface area contributed by atoms with Gasteiger partial charge in [0.25, 0.3) is 5.91 Å². The van der Waals surface area contributed by atoms with Gasteiger partial charge in [-0.15, -0.1) is 13.2 Å². The summed E-state index contributed by atoms with van der Waals surface area (Å²) in [5.41, 5.74) is 3.14. The highest BCUT2D eigenvalue weighted by Gasteiger charge is 2.34. The SMILES string of the molecule is C[C@@H]1CN(C(=O)c2nn(CC(=O)N3CCC(c4cccc(OC(F)(F)F)c4)CC3)c3c2CCC3)C[C@H](C)O1. The van der Waals surface area contributed by atoms with E-state index in [2.05, 4.69) is 9.84 Å². The summed E-state index contributed by atoms with van der Waals surface area (Å²) in [6.45, 7) is 6.03. The van der Waals surface area contributed by atoms with Gasteiger partial charge in [-0.05, 0) is 69.6 Å². The molecule has 0 unspecified atom stereocenters. The van der Waals surface area contributed by atoms with Crippen molar-refractivity contribution in [3.05, 3.63) is 46.8 Å². The molecule has 11 heteroatoms. The molecule has 2 amide bonds. The summed E-state index contributed by atoms with van der Waals surface area (Å²) < 4.78 is 49.3. The number of likely N-dealkylation sites (tertiary alicyclic amines) is 1. The predicted molar refractivity (Wildman–Crippen MR) is 132 cm³/mol. The van der Waals surface area contributed by atoms with Gasteiger partial charge < -0.3 is 19.3 Å². The summed E-state index contributed by atoms with van der Waals surface area (Å²) in [4.78, 5) is 30.1. The average molecular weight is 535 g/mol. The molecule has 2 fully saturated rings. The van der Waals surface area contributed by atoms with Gasteiger partial charge in [-0.2, -0.15) is 5.10 Å². The lowest BCUT2D eigenvalue weighted by Gasteiger charge is -2.35. The smallest absolute Gasteiger partial charge is 0.406 e. The van der Waals surface area contributed by atoms with Crippen molar-refractivity contribution < 1.29 is 32.2 Å². The van der Waals surface area contributed by atoms with Crippen LogP contribution in [0.5, 0.6) is 5.75 Å². The highest BCUT2D eigenvalue weighted by molar-refractivity contribution is 5.94. The number of piperidine rings is 1. The molecule has 0 saturated carbocycles. The van der Waals surface area contributed by atoms with E-state index in [1.807, 2.05) is 13.8 Å². The number of carbonyl (C=O) groups is 2. The van der Waals surface area contributed by atoms with Crippen LogP contribution in [0.25, 0.3) is 0 Å². The summed E-state index contributed by atoms with van der Waals surface area (Å²) >= 11 is 0. The molecule has 206 valence electrons. The number of benzene rings is 1. The third-order valence-electron chi connectivity index (χ3n) is 7.61. The Labute approximate surface area is 219 Å². The molecule has 3 aliphatic rings. The quantitative estimate of drug-likeness (QED) is 0.581. The highest BCUT2D eigenvalue weighted by Crippen LogP contribution is 2.32. The van der Waals surface area contributed by atoms with E-state index >= 15 is 0 Å². The molecule has 0 bridgehead atoms. The maximum Gasteiger partial charge on any atom is 0.573 e. The molecule has 2 aromatic rings. The molecular formula is C27H33F3N4O4. The number of aromatic nitrogens is 2. The Balaban J connectivity index is 1.22. The minimum atomic E-state index is -4.73. The standard InChI is InChI=1S/C27H33F3N4O4/c1-17-14-33(15-18(2)37-17)26(36)25-22-7-4-8-23(22)34(31-25)16-24(35)32-11-9-19(10-12-32)20-5-3-6-21(13-20)38-27(28,29)30/h3,5-6,13,17-19H,4,7-12,14-16H2,1-2H3/t17-,18+. The van der Waals surface area contributed by atoms with Crippen molar-refractivity contribution >= 4 is 11.8 Å². The number of alkyl halides is 3. The van der Waals surface area contributed by atoms with E-state index in [4.69, 9.17) is 4.74 Å². The van der Waals surface area contributed by atoms with Crippen LogP contribution in [0, 0.1) is 0 Å². The van der Waals surface area contributed by atoms with Gasteiger partial charge in [-0.25, -0.2) is 0 Å². The van der Waals surface area contributed by atoms with Crippen molar-refractivity contribution in [2.75, 3.05) is 26.2 Å². The zero-order chi connectivity index (χ0) is 27.0. The van der Waals surface area contributed by atoms with Gasteiger partial charge in [0.15, 0.2) is 5.69 Å². The summed E-state index contributed by atoms with van der Waals surface area (Å²) in [5.74, 6) is -0.351. The van der Waals surface area contributed by atoms with E-state index in [1.54, 1.807) is 26.6 Å². The van der Waals surface area contributed by atoms with E-state index in [0.29, 0.717) is 44.7 Å². The van der Waals surface area contributed by atoms with Crippen molar-refractivity contribution in [1.82, 2.24) is 19.6 Å². The molecule has 2 aliphatic heterocycles. The first-order valence-electron chi connectivity index (χ1n) is 13.2. The van der Waals surface area contributed by atoms with Gasteiger partial charge in [0.1, 0.15) is 12.3 Å². The van der Waals surface area contributed by atoms with Gasteiger partial charge in [0.05, 0.1) is 12.2 Å². The first-order valence-corrected chi connectivity index (χ1v) is 13.2. The fraction of sp³-hybridized carbons (Fsp3) is 0.593. The summed E-state index contributed by atoms with van der Waals surface area (Å²) in [5, 5.41) is 4.62. The summed E-state index contributed by atoms with van der Waals surface area (Å²) in [7, 11) is 0. The minimum absolute atomic E-state index is 0.0398. The van der Waals surface area contributed by atoms with E-state index < -0.39 is 6.36 Å². The fourth-order valence-electron chi connectivity index (χ4n) is 5.96. The molecule has 0 radical (unpaired) electrons. The van der Waals surface area contributed by atoms with Crippen molar-refractivity contribution in [3.8, 4) is 5.75 Å². The predicted octanol–water partition coefficient (Wildman–Crippen LogP) is 3.93. The van der Waals surface area contributed by atoms with E-state index in [0.717, 1.165) is 36.1 Å². The Morgan fingerprint density at radius 1 is 1.08 bits per heavy atom. The molecule has 1 aromatic heterocycles. The van der Waals surface area contributed by atoms with Crippen molar-refractivity contribution in [2.45, 2.75) is 77.0 Å². The van der Waals surface area contributed by atoms with Crippen LogP contribution in [0.4, 0.5) is 13.2 Å². The van der Waals surface area contributed by atoms with Crippen LogP contribution in [0.1, 0.15) is 66.3 Å². The molecule has 1 aromatic carbocycles. The van der Waals surface area contributed by atoms with Crippen molar-refractivity contribution in [2.24, 2.45) is 0 Å². The number of ether oxygens (including phenoxy) is 2. The number of morpholine rings is 1. The number of carbonyl (C=O) groups excluding carboxylic acids is 2. The minimum Gasteiger partial charge on any atom is -0.406 e. The number of hydrogen-bond acceptors (Lipinski definition) is 5. The van der Waals surface area contributed by atoms with Crippen LogP contribution in [0.3, 0.4) is 0 Å². The number of hydrogen-bond donors (Lipinski definition) is 0. The van der Waals surface area contributed by atoms with Gasteiger partial charge in [0, 0.05) is 37.4 Å². The Morgan fingerprint density at radius 2 is 1.79 bits per heavy atom. The number of rotatable bonds is 5. The Kier molecular flexibility index (Phi) is 7.39. The monoisotopic (exact) mass is 534 g/mol. The second-order valence-corrected chi connectivity index (χ2v) is 10.5. The normalized spacial score (nSPS) is 22.4. The van der Waals surface area contributed by atoms with Crippen molar-refractivity contribution in [1.29, 1.82) is 0 Å². The van der Waals surface area contributed by atoms with Crippen molar-refractivity contribution in [3.63, 3.8) is 0 Å². The molecule has 3 heterocycles. The van der Waals surface area contributed by atoms with E-state index in [-0.39, 0.29) is 42.2 Å². The van der Waals surface area contributed by atoms with Gasteiger partial charge in [0.2, 0.25) is 5.91 Å². The Hall–Kier alpha value is -3.08. The Bertz CT molecular complexity index is 1180. The molecule has 0 spiro atoms. The van der Waals surface area contributed by atoms with E-state index in [1.165, 1.54) is 12.1 Å². The lowest BCUT2D eigenvalue weighted by atomic mass is 9.89. The van der Waals surface area contributed by atoms with Crippen LogP contribution in [-0.2, 0) is 28.9 Å². The Morgan fingerprint density at radius 3 is 2.47 bits per heavy atom. The summed E-state index contributed by atoms with van der Waals surface area (Å²) in [6, 6.07) is 6.07. The largest absolute Gasteiger partial charge is 0.573 e. The third-order valence-corrected chi connectivity index (χ3v) is 7.61. The van der Waals surface area contributed by atoms with Crippen LogP contribution in [0.2, 0.25) is 0 Å². The lowest BCUT2D eigenvalue weighted by molar-refractivity contribution is -0.274. The molecule has 5 rings (SSSR count). The number of nitrogens with zero attached hydrogens (tertiary/aromatic N) is 4. The second kappa shape index (κ2) is 10.6. The van der Waals surface area contributed by atoms with Gasteiger partial charge in [-0.1, -0.05) is 12.1 Å². The average Bonchev–Trinajstić information content (AvgIpc) is 3.46. The fourth-order valence-corrected chi connectivity index (χ4v) is 5.96. The maximum atomic E-state index is 13.4. The number of fused-ring (bicyclic) bond motifs is 1. The first-order chi connectivity index (χ1) is 18.1. The van der Waals surface area contributed by atoms with Crippen LogP contribution in [0.15, 0.2) is 24.3 Å². The van der Waals surface area contributed by atoms with Crippen LogP contribution >= 0.6 is 0 Å². The van der Waals surface area contributed by atoms with Crippen LogP contribution in [-0.4, -0.2) is 76.1 Å².